The molecule has 19 heavy (non-hydrogen) atoms. The van der Waals surface area contributed by atoms with Crippen molar-refractivity contribution >= 4 is 17.3 Å². The zero-order valence-electron chi connectivity index (χ0n) is 9.99. The molecule has 0 aliphatic heterocycles. The molecule has 0 bridgehead atoms. The second kappa shape index (κ2) is 6.28. The zero-order chi connectivity index (χ0) is 14.4. The van der Waals surface area contributed by atoms with Crippen LogP contribution in [-0.4, -0.2) is 29.0 Å². The van der Waals surface area contributed by atoms with Gasteiger partial charge in [-0.05, 0) is 13.0 Å². The molecular formula is C10H11N3O6. The van der Waals surface area contributed by atoms with E-state index in [1.54, 1.807) is 6.92 Å². The second-order valence-electron chi connectivity index (χ2n) is 3.31. The minimum Gasteiger partial charge on any atom is -0.479 e. The van der Waals surface area contributed by atoms with Crippen LogP contribution in [-0.2, 0) is 4.74 Å². The van der Waals surface area contributed by atoms with Crippen molar-refractivity contribution < 1.29 is 19.3 Å². The van der Waals surface area contributed by atoms with Gasteiger partial charge in [0.2, 0.25) is 5.90 Å². The molecule has 9 heteroatoms. The first-order valence-electron chi connectivity index (χ1n) is 5.21. The van der Waals surface area contributed by atoms with Crippen molar-refractivity contribution in [3.8, 4) is 5.75 Å². The highest BCUT2D eigenvalue weighted by Crippen LogP contribution is 2.30. The summed E-state index contributed by atoms with van der Waals surface area (Å²) in [5.74, 6) is -0.338. The molecule has 9 nitrogen and oxygen atoms in total. The molecule has 0 atom stereocenters. The van der Waals surface area contributed by atoms with Crippen LogP contribution in [0.3, 0.4) is 0 Å². The van der Waals surface area contributed by atoms with Gasteiger partial charge < -0.3 is 9.47 Å². The van der Waals surface area contributed by atoms with E-state index >= 15 is 0 Å². The lowest BCUT2D eigenvalue weighted by atomic mass is 10.2. The Morgan fingerprint density at radius 3 is 2.53 bits per heavy atom. The number of nitrogens with one attached hydrogen (secondary N) is 1. The minimum atomic E-state index is -0.785. The van der Waals surface area contributed by atoms with Gasteiger partial charge in [-0.2, -0.15) is 0 Å². The van der Waals surface area contributed by atoms with E-state index in [0.29, 0.717) is 0 Å². The number of hydrogen-bond donors (Lipinski definition) is 1. The van der Waals surface area contributed by atoms with E-state index in [2.05, 4.69) is 0 Å². The molecule has 1 rings (SSSR count). The minimum absolute atomic E-state index is 0.153. The highest BCUT2D eigenvalue weighted by molar-refractivity contribution is 5.74. The van der Waals surface area contributed by atoms with Crippen LogP contribution in [0.15, 0.2) is 18.2 Å². The molecule has 0 aromatic heterocycles. The summed E-state index contributed by atoms with van der Waals surface area (Å²) in [5, 5.41) is 28.6. The van der Waals surface area contributed by atoms with Gasteiger partial charge in [0.1, 0.15) is 0 Å². The number of nitrogens with zero attached hydrogens (tertiary/aromatic N) is 2. The molecule has 1 aromatic rings. The third-order valence-corrected chi connectivity index (χ3v) is 2.03. The van der Waals surface area contributed by atoms with Crippen LogP contribution in [0.5, 0.6) is 5.75 Å². The lowest BCUT2D eigenvalue weighted by molar-refractivity contribution is -0.394. The van der Waals surface area contributed by atoms with Crippen molar-refractivity contribution in [2.45, 2.75) is 6.92 Å². The summed E-state index contributed by atoms with van der Waals surface area (Å²) in [5.41, 5.74) is -0.933. The van der Waals surface area contributed by atoms with Gasteiger partial charge in [0.15, 0.2) is 12.4 Å². The highest BCUT2D eigenvalue weighted by atomic mass is 16.6. The number of nitro benzene ring substituents is 2. The lowest BCUT2D eigenvalue weighted by Gasteiger charge is -2.07. The molecule has 0 unspecified atom stereocenters. The Kier molecular flexibility index (Phi) is 4.75. The average Bonchev–Trinajstić information content (AvgIpc) is 2.36. The van der Waals surface area contributed by atoms with Crippen molar-refractivity contribution in [3.05, 3.63) is 38.4 Å². The Hall–Kier alpha value is -2.71. The average molecular weight is 269 g/mol. The first-order chi connectivity index (χ1) is 8.95. The van der Waals surface area contributed by atoms with E-state index in [0.717, 1.165) is 18.2 Å². The van der Waals surface area contributed by atoms with Gasteiger partial charge in [0.25, 0.3) is 5.69 Å². The highest BCUT2D eigenvalue weighted by Gasteiger charge is 2.20. The maximum Gasteiger partial charge on any atom is 0.317 e. The SMILES string of the molecule is CCOC(=N)COc1ccc([N+](=O)[O-])cc1[N+](=O)[O-]. The lowest BCUT2D eigenvalue weighted by Crippen LogP contribution is -2.14. The Morgan fingerprint density at radius 1 is 1.32 bits per heavy atom. The fourth-order valence-electron chi connectivity index (χ4n) is 1.24. The molecule has 0 aliphatic rings. The van der Waals surface area contributed by atoms with Crippen molar-refractivity contribution in [3.63, 3.8) is 0 Å². The van der Waals surface area contributed by atoms with Crippen molar-refractivity contribution in [1.29, 1.82) is 5.41 Å². The Labute approximate surface area is 107 Å². The third-order valence-electron chi connectivity index (χ3n) is 2.03. The van der Waals surface area contributed by atoms with E-state index in [9.17, 15) is 20.2 Å². The number of rotatable bonds is 6. The molecule has 1 N–H and O–H groups in total. The fraction of sp³-hybridized carbons (Fsp3) is 0.300. The van der Waals surface area contributed by atoms with Crippen LogP contribution in [0.4, 0.5) is 11.4 Å². The number of hydrogen-bond acceptors (Lipinski definition) is 7. The van der Waals surface area contributed by atoms with E-state index in [-0.39, 0.29) is 24.9 Å². The smallest absolute Gasteiger partial charge is 0.317 e. The predicted octanol–water partition coefficient (Wildman–Crippen LogP) is 1.90. The third kappa shape index (κ3) is 3.91. The molecule has 0 heterocycles. The molecule has 0 radical (unpaired) electrons. The van der Waals surface area contributed by atoms with E-state index in [1.807, 2.05) is 0 Å². The van der Waals surface area contributed by atoms with E-state index in [1.165, 1.54) is 0 Å². The van der Waals surface area contributed by atoms with Crippen molar-refractivity contribution in [2.75, 3.05) is 13.2 Å². The van der Waals surface area contributed by atoms with Crippen LogP contribution >= 0.6 is 0 Å². The molecule has 0 saturated carbocycles. The summed E-state index contributed by atoms with van der Waals surface area (Å²) < 4.78 is 9.84. The molecule has 102 valence electrons. The number of benzene rings is 1. The van der Waals surface area contributed by atoms with Crippen LogP contribution in [0.2, 0.25) is 0 Å². The van der Waals surface area contributed by atoms with Gasteiger partial charge in [-0.15, -0.1) is 0 Å². The molecule has 0 spiro atoms. The zero-order valence-corrected chi connectivity index (χ0v) is 9.99. The van der Waals surface area contributed by atoms with Crippen LogP contribution < -0.4 is 4.74 Å². The predicted molar refractivity (Wildman–Crippen MR) is 64.6 cm³/mol. The summed E-state index contributed by atoms with van der Waals surface area (Å²) in [6.07, 6.45) is 0. The van der Waals surface area contributed by atoms with Gasteiger partial charge in [0.05, 0.1) is 22.5 Å². The summed E-state index contributed by atoms with van der Waals surface area (Å²) in [7, 11) is 0. The Morgan fingerprint density at radius 2 is 2.00 bits per heavy atom. The first-order valence-corrected chi connectivity index (χ1v) is 5.21. The summed E-state index contributed by atoms with van der Waals surface area (Å²) in [6, 6.07) is 3.02. The molecule has 0 amide bonds. The quantitative estimate of drug-likeness (QED) is 0.363. The number of nitro groups is 2. The van der Waals surface area contributed by atoms with Gasteiger partial charge in [-0.1, -0.05) is 0 Å². The molecule has 0 fully saturated rings. The molecule has 0 saturated heterocycles. The topological polar surface area (TPSA) is 129 Å². The van der Waals surface area contributed by atoms with E-state index in [4.69, 9.17) is 14.9 Å². The van der Waals surface area contributed by atoms with Crippen molar-refractivity contribution in [2.24, 2.45) is 0 Å². The molecular weight excluding hydrogens is 258 g/mol. The Balaban J connectivity index is 2.91. The van der Waals surface area contributed by atoms with Crippen LogP contribution in [0.25, 0.3) is 0 Å². The van der Waals surface area contributed by atoms with Crippen LogP contribution in [0.1, 0.15) is 6.92 Å². The van der Waals surface area contributed by atoms with Gasteiger partial charge >= 0.3 is 5.69 Å². The number of ether oxygens (including phenoxy) is 2. The molecule has 0 aliphatic carbocycles. The van der Waals surface area contributed by atoms with Gasteiger partial charge in [-0.25, -0.2) is 0 Å². The monoisotopic (exact) mass is 269 g/mol. The van der Waals surface area contributed by atoms with E-state index < -0.39 is 21.2 Å². The molecule has 1 aromatic carbocycles. The van der Waals surface area contributed by atoms with Crippen LogP contribution in [0, 0.1) is 25.6 Å². The fourth-order valence-corrected chi connectivity index (χ4v) is 1.24. The van der Waals surface area contributed by atoms with Crippen molar-refractivity contribution in [1.82, 2.24) is 0 Å². The largest absolute Gasteiger partial charge is 0.479 e. The maximum absolute atomic E-state index is 10.8. The second-order valence-corrected chi connectivity index (χ2v) is 3.31. The van der Waals surface area contributed by atoms with Gasteiger partial charge in [0, 0.05) is 6.07 Å². The normalized spacial score (nSPS) is 9.74. The number of non-ortho nitro benzene ring substituents is 1. The summed E-state index contributed by atoms with van der Waals surface area (Å²) in [4.78, 5) is 19.8. The first kappa shape index (κ1) is 14.4. The summed E-state index contributed by atoms with van der Waals surface area (Å²) >= 11 is 0. The Bertz CT molecular complexity index is 516. The summed E-state index contributed by atoms with van der Waals surface area (Å²) in [6.45, 7) is 1.68. The standard InChI is InChI=1S/C10H11N3O6/c1-2-18-10(11)6-19-9-4-3-7(12(14)15)5-8(9)13(16)17/h3-5,11H,2,6H2,1H3. The van der Waals surface area contributed by atoms with Gasteiger partial charge in [-0.3, -0.25) is 25.6 Å². The maximum atomic E-state index is 10.8.